The van der Waals surface area contributed by atoms with Gasteiger partial charge in [0.2, 0.25) is 0 Å². The average molecular weight is 929 g/mol. The molecule has 0 unspecified atom stereocenters. The molecule has 380 valence electrons. The molecule has 0 aliphatic rings. The lowest BCUT2D eigenvalue weighted by atomic mass is 10.1. The summed E-state index contributed by atoms with van der Waals surface area (Å²) in [5, 5.41) is 0. The summed E-state index contributed by atoms with van der Waals surface area (Å²) in [7, 11) is 0. The van der Waals surface area contributed by atoms with E-state index in [1.165, 1.54) is 77.0 Å². The zero-order chi connectivity index (χ0) is 48.6. The maximum Gasteiger partial charge on any atom is 0.306 e. The molecule has 0 aromatic rings. The molecular weight excluding hydrogens is 829 g/mol. The highest BCUT2D eigenvalue weighted by atomic mass is 16.6. The summed E-state index contributed by atoms with van der Waals surface area (Å²) in [6.07, 6.45) is 73.5. The van der Waals surface area contributed by atoms with Crippen LogP contribution in [0.3, 0.4) is 0 Å². The zero-order valence-corrected chi connectivity index (χ0v) is 43.4. The van der Waals surface area contributed by atoms with E-state index in [4.69, 9.17) is 14.2 Å². The smallest absolute Gasteiger partial charge is 0.306 e. The normalized spacial score (nSPS) is 12.9. The minimum Gasteiger partial charge on any atom is -0.462 e. The molecule has 0 radical (unpaired) electrons. The Bertz CT molecular complexity index is 1390. The van der Waals surface area contributed by atoms with Crippen LogP contribution in [0.15, 0.2) is 109 Å². The third-order valence-electron chi connectivity index (χ3n) is 11.2. The largest absolute Gasteiger partial charge is 0.462 e. The molecule has 0 saturated heterocycles. The minimum absolute atomic E-state index is 0.113. The quantitative estimate of drug-likeness (QED) is 0.0262. The maximum atomic E-state index is 12.8. The predicted molar refractivity (Wildman–Crippen MR) is 288 cm³/mol. The number of hydrogen-bond donors (Lipinski definition) is 0. The van der Waals surface area contributed by atoms with E-state index < -0.39 is 6.10 Å². The van der Waals surface area contributed by atoms with Gasteiger partial charge in [0.05, 0.1) is 0 Å². The van der Waals surface area contributed by atoms with Crippen LogP contribution in [-0.4, -0.2) is 37.2 Å². The van der Waals surface area contributed by atoms with Crippen molar-refractivity contribution in [3.05, 3.63) is 109 Å². The van der Waals surface area contributed by atoms with Crippen molar-refractivity contribution in [2.24, 2.45) is 0 Å². The SMILES string of the molecule is CCCCC/C=C\C/C=C\C/C=C\CCCCCCC(=O)OC[C@H](COC(=O)CCCC/C=C\C/C=C\C/C=C\CCCCC)OC(=O)CCCCCC/C=C\C/C=C\C/C=C\CCCCC. The van der Waals surface area contributed by atoms with E-state index in [0.29, 0.717) is 12.8 Å². The fraction of sp³-hybridized carbons (Fsp3) is 0.656. The summed E-state index contributed by atoms with van der Waals surface area (Å²) in [5.74, 6) is -0.997. The summed E-state index contributed by atoms with van der Waals surface area (Å²) in [6, 6.07) is 0. The second-order valence-electron chi connectivity index (χ2n) is 17.8. The van der Waals surface area contributed by atoms with E-state index >= 15 is 0 Å². The van der Waals surface area contributed by atoms with Crippen LogP contribution in [0.2, 0.25) is 0 Å². The van der Waals surface area contributed by atoms with Gasteiger partial charge in [-0.05, 0) is 135 Å². The van der Waals surface area contributed by atoms with Gasteiger partial charge in [-0.3, -0.25) is 14.4 Å². The molecule has 0 spiro atoms. The monoisotopic (exact) mass is 929 g/mol. The van der Waals surface area contributed by atoms with Gasteiger partial charge >= 0.3 is 17.9 Å². The number of esters is 3. The highest BCUT2D eigenvalue weighted by molar-refractivity contribution is 5.71. The first-order valence-electron chi connectivity index (χ1n) is 27.4. The van der Waals surface area contributed by atoms with Gasteiger partial charge in [-0.1, -0.05) is 194 Å². The Morgan fingerprint density at radius 3 is 0.851 bits per heavy atom. The molecule has 6 heteroatoms. The Morgan fingerprint density at radius 2 is 0.537 bits per heavy atom. The topological polar surface area (TPSA) is 78.9 Å². The van der Waals surface area contributed by atoms with Crippen LogP contribution in [0.4, 0.5) is 0 Å². The second kappa shape index (κ2) is 54.7. The van der Waals surface area contributed by atoms with Crippen molar-refractivity contribution in [1.29, 1.82) is 0 Å². The maximum absolute atomic E-state index is 12.8. The van der Waals surface area contributed by atoms with E-state index in [0.717, 1.165) is 122 Å². The Morgan fingerprint density at radius 1 is 0.299 bits per heavy atom. The molecule has 0 aromatic carbocycles. The van der Waals surface area contributed by atoms with Gasteiger partial charge in [-0.25, -0.2) is 0 Å². The molecule has 0 aliphatic heterocycles. The van der Waals surface area contributed by atoms with Crippen molar-refractivity contribution < 1.29 is 28.6 Å². The second-order valence-corrected chi connectivity index (χ2v) is 17.8. The van der Waals surface area contributed by atoms with Crippen molar-refractivity contribution in [3.8, 4) is 0 Å². The molecule has 0 saturated carbocycles. The molecule has 6 nitrogen and oxygen atoms in total. The number of allylic oxidation sites excluding steroid dienone is 18. The van der Waals surface area contributed by atoms with Crippen LogP contribution in [0.5, 0.6) is 0 Å². The minimum atomic E-state index is -0.817. The van der Waals surface area contributed by atoms with Crippen molar-refractivity contribution in [2.75, 3.05) is 13.2 Å². The van der Waals surface area contributed by atoms with Crippen molar-refractivity contribution in [1.82, 2.24) is 0 Å². The first kappa shape index (κ1) is 63.1. The highest BCUT2D eigenvalue weighted by Crippen LogP contribution is 2.12. The van der Waals surface area contributed by atoms with Gasteiger partial charge < -0.3 is 14.2 Å². The summed E-state index contributed by atoms with van der Waals surface area (Å²) in [5.41, 5.74) is 0. The molecule has 0 aromatic heterocycles. The Labute approximate surface area is 412 Å². The molecule has 0 rings (SSSR count). The van der Waals surface area contributed by atoms with Crippen LogP contribution in [-0.2, 0) is 28.6 Å². The van der Waals surface area contributed by atoms with E-state index in [-0.39, 0.29) is 37.5 Å². The molecule has 0 bridgehead atoms. The molecule has 67 heavy (non-hydrogen) atoms. The van der Waals surface area contributed by atoms with Crippen LogP contribution < -0.4 is 0 Å². The average Bonchev–Trinajstić information content (AvgIpc) is 3.33. The lowest BCUT2D eigenvalue weighted by Crippen LogP contribution is -2.30. The van der Waals surface area contributed by atoms with Crippen molar-refractivity contribution in [2.45, 2.75) is 245 Å². The molecule has 0 fully saturated rings. The van der Waals surface area contributed by atoms with Gasteiger partial charge in [0.15, 0.2) is 6.10 Å². The molecule has 0 amide bonds. The Hall–Kier alpha value is -3.93. The standard InChI is InChI=1S/C61H100O6/c1-4-7-10-13-16-19-22-25-28-30-33-36-39-42-45-48-51-54-60(63)66-57-58(56-65-59(62)53-50-47-44-41-38-35-32-27-24-21-18-15-12-9-6-3)67-61(64)55-52-49-46-43-40-37-34-31-29-26-23-20-17-14-11-8-5-2/h16-21,25-29,32-34,36-38,41,58H,4-15,22-24,30-31,35,39-40,42-57H2,1-3H3/b19-16-,20-17-,21-18-,28-25-,29-26-,32-27-,36-33-,37-34-,41-38-/t58-/m0/s1. The lowest BCUT2D eigenvalue weighted by molar-refractivity contribution is -0.167. The van der Waals surface area contributed by atoms with Gasteiger partial charge in [0, 0.05) is 19.3 Å². The Balaban J connectivity index is 4.55. The van der Waals surface area contributed by atoms with Crippen LogP contribution in [0.1, 0.15) is 239 Å². The van der Waals surface area contributed by atoms with Crippen LogP contribution in [0.25, 0.3) is 0 Å². The van der Waals surface area contributed by atoms with E-state index in [1.807, 2.05) is 0 Å². The first-order valence-corrected chi connectivity index (χ1v) is 27.4. The third kappa shape index (κ3) is 52.9. The fourth-order valence-corrected chi connectivity index (χ4v) is 7.05. The van der Waals surface area contributed by atoms with Gasteiger partial charge in [0.1, 0.15) is 13.2 Å². The molecule has 0 heterocycles. The number of carbonyl (C=O) groups excluding carboxylic acids is 3. The van der Waals surface area contributed by atoms with E-state index in [2.05, 4.69) is 130 Å². The molecule has 0 aliphatic carbocycles. The van der Waals surface area contributed by atoms with Gasteiger partial charge in [-0.15, -0.1) is 0 Å². The van der Waals surface area contributed by atoms with E-state index in [1.54, 1.807) is 0 Å². The molecular formula is C61H100O6. The number of ether oxygens (including phenoxy) is 3. The number of unbranched alkanes of at least 4 members (excludes halogenated alkanes) is 19. The first-order chi connectivity index (χ1) is 33.0. The molecule has 1 atom stereocenters. The number of carbonyl (C=O) groups is 3. The predicted octanol–water partition coefficient (Wildman–Crippen LogP) is 18.3. The zero-order valence-electron chi connectivity index (χ0n) is 43.4. The van der Waals surface area contributed by atoms with Gasteiger partial charge in [-0.2, -0.15) is 0 Å². The Kier molecular flexibility index (Phi) is 51.5. The van der Waals surface area contributed by atoms with Gasteiger partial charge in [0.25, 0.3) is 0 Å². The van der Waals surface area contributed by atoms with Crippen LogP contribution >= 0.6 is 0 Å². The van der Waals surface area contributed by atoms with Crippen molar-refractivity contribution in [3.63, 3.8) is 0 Å². The fourth-order valence-electron chi connectivity index (χ4n) is 7.05. The lowest BCUT2D eigenvalue weighted by Gasteiger charge is -2.18. The summed E-state index contributed by atoms with van der Waals surface area (Å²) in [6.45, 7) is 6.47. The van der Waals surface area contributed by atoms with Crippen molar-refractivity contribution >= 4 is 17.9 Å². The molecule has 0 N–H and O–H groups in total. The van der Waals surface area contributed by atoms with E-state index in [9.17, 15) is 14.4 Å². The summed E-state index contributed by atoms with van der Waals surface area (Å²) in [4.78, 5) is 38.1. The van der Waals surface area contributed by atoms with Crippen LogP contribution in [0, 0.1) is 0 Å². The number of rotatable bonds is 48. The number of hydrogen-bond acceptors (Lipinski definition) is 6. The summed E-state index contributed by atoms with van der Waals surface area (Å²) < 4.78 is 16.8. The highest BCUT2D eigenvalue weighted by Gasteiger charge is 2.19. The third-order valence-corrected chi connectivity index (χ3v) is 11.2. The summed E-state index contributed by atoms with van der Waals surface area (Å²) >= 11 is 0.